The second-order valence-electron chi connectivity index (χ2n) is 6.90. The number of nitrogens with one attached hydrogen (secondary N) is 2. The van der Waals surface area contributed by atoms with E-state index in [1.165, 1.54) is 0 Å². The van der Waals surface area contributed by atoms with Crippen LogP contribution in [0.3, 0.4) is 0 Å². The number of alkyl halides is 3. The van der Waals surface area contributed by atoms with Gasteiger partial charge >= 0.3 is 6.18 Å². The van der Waals surface area contributed by atoms with Crippen molar-refractivity contribution < 1.29 is 18.0 Å². The summed E-state index contributed by atoms with van der Waals surface area (Å²) in [6.07, 6.45) is 0.298. The minimum absolute atomic E-state index is 0.240. The molecule has 0 radical (unpaired) electrons. The Morgan fingerprint density at radius 2 is 1.92 bits per heavy atom. The lowest BCUT2D eigenvalue weighted by Crippen LogP contribution is -2.52. The van der Waals surface area contributed by atoms with Crippen molar-refractivity contribution in [1.29, 1.82) is 0 Å². The van der Waals surface area contributed by atoms with Gasteiger partial charge in [0.15, 0.2) is 0 Å². The normalized spacial score (nSPS) is 28.2. The van der Waals surface area contributed by atoms with Crippen LogP contribution in [0.15, 0.2) is 30.3 Å². The molecule has 1 amide bonds. The maximum absolute atomic E-state index is 13.3. The van der Waals surface area contributed by atoms with Crippen LogP contribution in [0.25, 0.3) is 0 Å². The fraction of sp³-hybridized carbons (Fsp3) is 0.611. The molecule has 1 heterocycles. The Hall–Kier alpha value is -1.56. The topological polar surface area (TPSA) is 41.1 Å². The highest BCUT2D eigenvalue weighted by Crippen LogP contribution is 2.33. The first-order valence-electron chi connectivity index (χ1n) is 8.60. The molecule has 132 valence electrons. The summed E-state index contributed by atoms with van der Waals surface area (Å²) < 4.78 is 39.9. The molecule has 0 spiro atoms. The van der Waals surface area contributed by atoms with Crippen LogP contribution in [0.4, 0.5) is 13.2 Å². The second-order valence-corrected chi connectivity index (χ2v) is 6.90. The van der Waals surface area contributed by atoms with Crippen LogP contribution in [0.5, 0.6) is 0 Å². The minimum atomic E-state index is -4.46. The molecular formula is C18H23F3N2O. The highest BCUT2D eigenvalue weighted by molar-refractivity contribution is 5.82. The molecule has 2 fully saturated rings. The highest BCUT2D eigenvalue weighted by atomic mass is 19.4. The Morgan fingerprint density at radius 1 is 1.21 bits per heavy atom. The molecule has 3 nitrogen and oxygen atoms in total. The van der Waals surface area contributed by atoms with Gasteiger partial charge in [-0.25, -0.2) is 0 Å². The molecule has 0 aromatic heterocycles. The van der Waals surface area contributed by atoms with Gasteiger partial charge in [0.2, 0.25) is 5.91 Å². The van der Waals surface area contributed by atoms with E-state index in [2.05, 4.69) is 10.6 Å². The van der Waals surface area contributed by atoms with Gasteiger partial charge in [-0.05, 0) is 30.7 Å². The first kappa shape index (κ1) is 17.3. The largest absolute Gasteiger partial charge is 0.408 e. The number of halogens is 3. The monoisotopic (exact) mass is 340 g/mol. The molecule has 2 N–H and O–H groups in total. The molecule has 1 aliphatic carbocycles. The van der Waals surface area contributed by atoms with Gasteiger partial charge in [0.1, 0.15) is 6.04 Å². The zero-order chi connectivity index (χ0) is 17.2. The molecule has 1 aromatic rings. The zero-order valence-electron chi connectivity index (χ0n) is 13.5. The molecular weight excluding hydrogens is 317 g/mol. The van der Waals surface area contributed by atoms with E-state index < -0.39 is 24.2 Å². The van der Waals surface area contributed by atoms with Crippen LogP contribution in [-0.2, 0) is 11.2 Å². The number of amides is 1. The molecule has 2 aliphatic rings. The van der Waals surface area contributed by atoms with Crippen molar-refractivity contribution in [2.24, 2.45) is 5.92 Å². The number of hydrogen-bond donors (Lipinski definition) is 2. The summed E-state index contributed by atoms with van der Waals surface area (Å²) in [5.41, 5.74) is 0.563. The van der Waals surface area contributed by atoms with Crippen LogP contribution < -0.4 is 10.6 Å². The number of carbonyl (C=O) groups excluding carboxylic acids is 1. The van der Waals surface area contributed by atoms with Gasteiger partial charge < -0.3 is 10.6 Å². The Kier molecular flexibility index (Phi) is 5.13. The lowest BCUT2D eigenvalue weighted by Gasteiger charge is -2.24. The predicted molar refractivity (Wildman–Crippen MR) is 85.4 cm³/mol. The summed E-state index contributed by atoms with van der Waals surface area (Å²) in [4.78, 5) is 12.4. The average Bonchev–Trinajstić information content (AvgIpc) is 2.98. The summed E-state index contributed by atoms with van der Waals surface area (Å²) >= 11 is 0. The zero-order valence-corrected chi connectivity index (χ0v) is 13.5. The summed E-state index contributed by atoms with van der Waals surface area (Å²) in [7, 11) is 0. The molecule has 0 bridgehead atoms. The third-order valence-corrected chi connectivity index (χ3v) is 5.17. The quantitative estimate of drug-likeness (QED) is 0.884. The number of carbonyl (C=O) groups is 1. The van der Waals surface area contributed by atoms with Gasteiger partial charge in [0.05, 0.1) is 6.04 Å². The summed E-state index contributed by atoms with van der Waals surface area (Å²) in [5, 5.41) is 5.46. The standard InChI is InChI=1S/C18H23F3N2O/c19-18(20,21)16(10-12-6-2-1-3-7-12)23-17(24)15-11-13-8-4-5-9-14(13)22-15/h1-3,6-7,13-16,22H,4-5,8-11H2,(H,23,24). The van der Waals surface area contributed by atoms with Crippen molar-refractivity contribution in [3.05, 3.63) is 35.9 Å². The van der Waals surface area contributed by atoms with E-state index >= 15 is 0 Å². The van der Waals surface area contributed by atoms with E-state index in [0.29, 0.717) is 17.9 Å². The molecule has 1 saturated heterocycles. The third-order valence-electron chi connectivity index (χ3n) is 5.17. The lowest BCUT2D eigenvalue weighted by atomic mass is 9.85. The van der Waals surface area contributed by atoms with Crippen LogP contribution in [0.2, 0.25) is 0 Å². The van der Waals surface area contributed by atoms with Gasteiger partial charge in [-0.15, -0.1) is 0 Å². The van der Waals surface area contributed by atoms with Crippen molar-refractivity contribution in [2.45, 2.75) is 62.8 Å². The van der Waals surface area contributed by atoms with Crippen LogP contribution in [0, 0.1) is 5.92 Å². The molecule has 1 aromatic carbocycles. The van der Waals surface area contributed by atoms with Crippen molar-refractivity contribution in [3.8, 4) is 0 Å². The Morgan fingerprint density at radius 3 is 2.58 bits per heavy atom. The molecule has 3 rings (SSSR count). The molecule has 24 heavy (non-hydrogen) atoms. The summed E-state index contributed by atoms with van der Waals surface area (Å²) in [6, 6.07) is 6.39. The molecule has 1 aliphatic heterocycles. The minimum Gasteiger partial charge on any atom is -0.343 e. The van der Waals surface area contributed by atoms with Crippen molar-refractivity contribution in [1.82, 2.24) is 10.6 Å². The molecule has 4 atom stereocenters. The predicted octanol–water partition coefficient (Wildman–Crippen LogP) is 3.20. The van der Waals surface area contributed by atoms with Crippen molar-refractivity contribution in [3.63, 3.8) is 0 Å². The maximum atomic E-state index is 13.3. The van der Waals surface area contributed by atoms with Gasteiger partial charge in [-0.2, -0.15) is 13.2 Å². The fourth-order valence-corrected chi connectivity index (χ4v) is 3.89. The van der Waals surface area contributed by atoms with Gasteiger partial charge in [0.25, 0.3) is 0 Å². The fourth-order valence-electron chi connectivity index (χ4n) is 3.89. The summed E-state index contributed by atoms with van der Waals surface area (Å²) in [6.45, 7) is 0. The Balaban J connectivity index is 1.63. The van der Waals surface area contributed by atoms with Crippen LogP contribution in [0.1, 0.15) is 37.7 Å². The number of rotatable bonds is 4. The first-order valence-corrected chi connectivity index (χ1v) is 8.60. The highest BCUT2D eigenvalue weighted by Gasteiger charge is 2.44. The number of fused-ring (bicyclic) bond motifs is 1. The number of benzene rings is 1. The summed E-state index contributed by atoms with van der Waals surface area (Å²) in [5.74, 6) is -0.101. The van der Waals surface area contributed by atoms with E-state index in [4.69, 9.17) is 0 Å². The Labute approximate surface area is 140 Å². The average molecular weight is 340 g/mol. The molecule has 6 heteroatoms. The van der Waals surface area contributed by atoms with Crippen LogP contribution >= 0.6 is 0 Å². The second kappa shape index (κ2) is 7.13. The van der Waals surface area contributed by atoms with Crippen molar-refractivity contribution >= 4 is 5.91 Å². The third kappa shape index (κ3) is 4.09. The van der Waals surface area contributed by atoms with Gasteiger partial charge in [-0.1, -0.05) is 43.2 Å². The SMILES string of the molecule is O=C(NC(Cc1ccccc1)C(F)(F)F)C1CC2CCCCC2N1. The maximum Gasteiger partial charge on any atom is 0.408 e. The Bertz CT molecular complexity index is 547. The smallest absolute Gasteiger partial charge is 0.343 e. The van der Waals surface area contributed by atoms with E-state index in [0.717, 1.165) is 25.7 Å². The molecule has 4 unspecified atom stereocenters. The van der Waals surface area contributed by atoms with Gasteiger partial charge in [-0.3, -0.25) is 4.79 Å². The van der Waals surface area contributed by atoms with E-state index in [9.17, 15) is 18.0 Å². The van der Waals surface area contributed by atoms with Gasteiger partial charge in [0, 0.05) is 12.5 Å². The first-order chi connectivity index (χ1) is 11.4. The van der Waals surface area contributed by atoms with E-state index in [1.54, 1.807) is 30.3 Å². The number of hydrogen-bond acceptors (Lipinski definition) is 2. The lowest BCUT2D eigenvalue weighted by molar-refractivity contribution is -0.162. The van der Waals surface area contributed by atoms with Crippen molar-refractivity contribution in [2.75, 3.05) is 0 Å². The molecule has 1 saturated carbocycles. The van der Waals surface area contributed by atoms with Crippen LogP contribution in [-0.4, -0.2) is 30.2 Å². The van der Waals surface area contributed by atoms with E-state index in [1.807, 2.05) is 0 Å². The van der Waals surface area contributed by atoms with E-state index in [-0.39, 0.29) is 12.5 Å².